The summed E-state index contributed by atoms with van der Waals surface area (Å²) in [5, 5.41) is 10.6. The van der Waals surface area contributed by atoms with E-state index < -0.39 is 5.97 Å². The smallest absolute Gasteiger partial charge is 0.339 e. The lowest BCUT2D eigenvalue weighted by Crippen LogP contribution is -2.15. The van der Waals surface area contributed by atoms with Gasteiger partial charge in [-0.3, -0.25) is 0 Å². The Balaban J connectivity index is 1.52. The lowest BCUT2D eigenvalue weighted by molar-refractivity contribution is 0.0260. The van der Waals surface area contributed by atoms with Crippen molar-refractivity contribution in [3.63, 3.8) is 0 Å². The van der Waals surface area contributed by atoms with Crippen LogP contribution in [0.4, 0.5) is 0 Å². The van der Waals surface area contributed by atoms with E-state index in [1.807, 2.05) is 73.7 Å². The first-order chi connectivity index (χ1) is 18.0. The van der Waals surface area contributed by atoms with Gasteiger partial charge < -0.3 is 24.1 Å². The molecule has 0 aliphatic carbocycles. The number of fused-ring (bicyclic) bond motifs is 1. The summed E-state index contributed by atoms with van der Waals surface area (Å²) >= 11 is 0. The minimum atomic E-state index is -1.09. The van der Waals surface area contributed by atoms with Crippen molar-refractivity contribution in [1.82, 2.24) is 4.98 Å². The summed E-state index contributed by atoms with van der Waals surface area (Å²) in [6.07, 6.45) is 3.57. The Labute approximate surface area is 215 Å². The van der Waals surface area contributed by atoms with E-state index in [-0.39, 0.29) is 24.0 Å². The number of hydrogen-bond acceptors (Lipinski definition) is 6. The predicted molar refractivity (Wildman–Crippen MR) is 143 cm³/mol. The van der Waals surface area contributed by atoms with Crippen molar-refractivity contribution in [2.24, 2.45) is 0 Å². The number of aromatic carboxylic acids is 1. The second-order valence-electron chi connectivity index (χ2n) is 8.22. The fraction of sp³-hybridized carbons (Fsp3) is 0.200. The van der Waals surface area contributed by atoms with Gasteiger partial charge in [0.25, 0.3) is 0 Å². The normalized spacial score (nSPS) is 12.0. The van der Waals surface area contributed by atoms with Crippen LogP contribution in [0.15, 0.2) is 72.8 Å². The molecule has 1 atom stereocenters. The molecule has 0 saturated heterocycles. The second kappa shape index (κ2) is 12.1. The van der Waals surface area contributed by atoms with Gasteiger partial charge in [0, 0.05) is 18.1 Å². The molecule has 0 fully saturated rings. The van der Waals surface area contributed by atoms with Crippen LogP contribution in [0.3, 0.4) is 0 Å². The monoisotopic (exact) mass is 499 g/mol. The van der Waals surface area contributed by atoms with Crippen LogP contribution in [-0.4, -0.2) is 43.5 Å². The van der Waals surface area contributed by atoms with E-state index in [2.05, 4.69) is 0 Å². The van der Waals surface area contributed by atoms with Crippen LogP contribution in [0.5, 0.6) is 17.2 Å². The summed E-state index contributed by atoms with van der Waals surface area (Å²) in [6, 6.07) is 22.5. The molecule has 4 rings (SSSR count). The summed E-state index contributed by atoms with van der Waals surface area (Å²) in [7, 11) is 3.13. The Bertz CT molecular complexity index is 1410. The molecule has 7 nitrogen and oxygen atoms in total. The Hall–Kier alpha value is -4.36. The van der Waals surface area contributed by atoms with Crippen LogP contribution in [-0.2, 0) is 4.74 Å². The van der Waals surface area contributed by atoms with Crippen molar-refractivity contribution in [2.45, 2.75) is 13.0 Å². The molecular formula is C30H29NO6. The van der Waals surface area contributed by atoms with Crippen LogP contribution < -0.4 is 14.2 Å². The second-order valence-corrected chi connectivity index (χ2v) is 8.22. The number of pyridine rings is 1. The maximum absolute atomic E-state index is 11.7. The highest BCUT2D eigenvalue weighted by Crippen LogP contribution is 2.27. The van der Waals surface area contributed by atoms with Crippen LogP contribution in [0.2, 0.25) is 0 Å². The molecule has 0 aliphatic rings. The van der Waals surface area contributed by atoms with Crippen LogP contribution in [0.1, 0.15) is 40.2 Å². The zero-order chi connectivity index (χ0) is 26.2. The summed E-state index contributed by atoms with van der Waals surface area (Å²) in [4.78, 5) is 16.4. The highest BCUT2D eigenvalue weighted by atomic mass is 16.5. The first-order valence-corrected chi connectivity index (χ1v) is 11.9. The van der Waals surface area contributed by atoms with Gasteiger partial charge in [-0.15, -0.1) is 0 Å². The number of carbonyl (C=O) groups is 1. The number of aromatic nitrogens is 1. The van der Waals surface area contributed by atoms with Gasteiger partial charge in [0.05, 0.1) is 25.4 Å². The Morgan fingerprint density at radius 2 is 1.70 bits per heavy atom. The minimum Gasteiger partial charge on any atom is -0.497 e. The van der Waals surface area contributed by atoms with Crippen LogP contribution >= 0.6 is 0 Å². The molecule has 1 unspecified atom stereocenters. The standard InChI is InChI=1S/C30H29NO6/c1-4-36-29(19-37-28-15-14-24(34-2)17-26(28)30(32)33)22-7-5-6-20(16-22)8-11-23-12-9-21-10-13-25(35-3)18-27(21)31-23/h5-18,29H,4,19H2,1-3H3,(H,32,33)/b11-8+. The van der Waals surface area contributed by atoms with Crippen molar-refractivity contribution in [1.29, 1.82) is 0 Å². The first kappa shape index (κ1) is 25.7. The summed E-state index contributed by atoms with van der Waals surface area (Å²) in [6.45, 7) is 2.54. The van der Waals surface area contributed by atoms with Gasteiger partial charge in [-0.25, -0.2) is 9.78 Å². The largest absolute Gasteiger partial charge is 0.497 e. The van der Waals surface area contributed by atoms with Gasteiger partial charge in [-0.05, 0) is 66.6 Å². The summed E-state index contributed by atoms with van der Waals surface area (Å²) in [5.41, 5.74) is 3.63. The van der Waals surface area contributed by atoms with Crippen LogP contribution in [0, 0.1) is 0 Å². The fourth-order valence-corrected chi connectivity index (χ4v) is 3.91. The minimum absolute atomic E-state index is 0.0341. The van der Waals surface area contributed by atoms with Crippen molar-refractivity contribution >= 4 is 29.0 Å². The van der Waals surface area contributed by atoms with E-state index in [0.717, 1.165) is 33.5 Å². The number of methoxy groups -OCH3 is 2. The molecule has 0 saturated carbocycles. The maximum Gasteiger partial charge on any atom is 0.339 e. The number of hydrogen-bond donors (Lipinski definition) is 1. The highest BCUT2D eigenvalue weighted by molar-refractivity contribution is 5.91. The molecule has 4 aromatic rings. The van der Waals surface area contributed by atoms with Crippen molar-refractivity contribution in [2.75, 3.05) is 27.4 Å². The molecule has 0 aliphatic heterocycles. The predicted octanol–water partition coefficient (Wildman–Crippen LogP) is 6.28. The lowest BCUT2D eigenvalue weighted by Gasteiger charge is -2.19. The zero-order valence-corrected chi connectivity index (χ0v) is 21.0. The number of carboxylic acids is 1. The van der Waals surface area contributed by atoms with Crippen molar-refractivity contribution in [3.8, 4) is 17.2 Å². The molecule has 190 valence electrons. The van der Waals surface area contributed by atoms with Gasteiger partial charge in [0.2, 0.25) is 0 Å². The number of carboxylic acid groups (broad SMARTS) is 1. The number of benzene rings is 3. The topological polar surface area (TPSA) is 87.1 Å². The number of rotatable bonds is 11. The SMILES string of the molecule is CCOC(COc1ccc(OC)cc1C(=O)O)c1cccc(/C=C/c2ccc3ccc(OC)cc3n2)c1. The third kappa shape index (κ3) is 6.45. The highest BCUT2D eigenvalue weighted by Gasteiger charge is 2.17. The summed E-state index contributed by atoms with van der Waals surface area (Å²) < 4.78 is 22.3. The maximum atomic E-state index is 11.7. The van der Waals surface area contributed by atoms with E-state index in [1.54, 1.807) is 19.2 Å². The van der Waals surface area contributed by atoms with Gasteiger partial charge in [0.15, 0.2) is 0 Å². The van der Waals surface area contributed by atoms with E-state index >= 15 is 0 Å². The Morgan fingerprint density at radius 3 is 2.46 bits per heavy atom. The van der Waals surface area contributed by atoms with Gasteiger partial charge in [-0.1, -0.05) is 30.3 Å². The molecule has 1 aromatic heterocycles. The van der Waals surface area contributed by atoms with E-state index in [1.165, 1.54) is 13.2 Å². The first-order valence-electron chi connectivity index (χ1n) is 11.9. The molecule has 1 heterocycles. The molecule has 7 heteroatoms. The van der Waals surface area contributed by atoms with E-state index in [9.17, 15) is 9.90 Å². The zero-order valence-electron chi connectivity index (χ0n) is 21.0. The van der Waals surface area contributed by atoms with Gasteiger partial charge >= 0.3 is 5.97 Å². The number of ether oxygens (including phenoxy) is 4. The van der Waals surface area contributed by atoms with E-state index in [0.29, 0.717) is 12.4 Å². The average Bonchev–Trinajstić information content (AvgIpc) is 2.93. The molecule has 0 amide bonds. The van der Waals surface area contributed by atoms with Crippen molar-refractivity contribution in [3.05, 3.63) is 95.2 Å². The fourth-order valence-electron chi connectivity index (χ4n) is 3.91. The molecule has 0 radical (unpaired) electrons. The van der Waals surface area contributed by atoms with Crippen LogP contribution in [0.25, 0.3) is 23.1 Å². The number of nitrogens with zero attached hydrogens (tertiary/aromatic N) is 1. The summed E-state index contributed by atoms with van der Waals surface area (Å²) in [5.74, 6) is 0.386. The Morgan fingerprint density at radius 1 is 0.946 bits per heavy atom. The Kier molecular flexibility index (Phi) is 8.38. The third-order valence-corrected chi connectivity index (χ3v) is 5.83. The molecule has 0 bridgehead atoms. The third-order valence-electron chi connectivity index (χ3n) is 5.83. The van der Waals surface area contributed by atoms with Gasteiger partial charge in [0.1, 0.15) is 35.5 Å². The molecule has 3 aromatic carbocycles. The quantitative estimate of drug-likeness (QED) is 0.260. The van der Waals surface area contributed by atoms with Gasteiger partial charge in [-0.2, -0.15) is 0 Å². The molecular weight excluding hydrogens is 470 g/mol. The van der Waals surface area contributed by atoms with Crippen molar-refractivity contribution < 1.29 is 28.8 Å². The molecule has 1 N–H and O–H groups in total. The molecule has 37 heavy (non-hydrogen) atoms. The molecule has 0 spiro atoms. The average molecular weight is 500 g/mol. The van der Waals surface area contributed by atoms with E-state index in [4.69, 9.17) is 23.9 Å². The lowest BCUT2D eigenvalue weighted by atomic mass is 10.1.